The number of nitrogens with zero attached hydrogens (tertiary/aromatic N) is 3. The summed E-state index contributed by atoms with van der Waals surface area (Å²) >= 11 is 0. The maximum absolute atomic E-state index is 12.6. The van der Waals surface area contributed by atoms with Crippen molar-refractivity contribution in [3.63, 3.8) is 0 Å². The lowest BCUT2D eigenvalue weighted by atomic mass is 10.1. The molecule has 2 aromatic rings. The first kappa shape index (κ1) is 18.5. The van der Waals surface area contributed by atoms with Gasteiger partial charge in [0.1, 0.15) is 5.69 Å². The fourth-order valence-electron chi connectivity index (χ4n) is 2.30. The molecule has 0 N–H and O–H groups in total. The van der Waals surface area contributed by atoms with Crippen LogP contribution in [-0.2, 0) is 12.7 Å². The summed E-state index contributed by atoms with van der Waals surface area (Å²) in [4.78, 5) is 17.5. The summed E-state index contributed by atoms with van der Waals surface area (Å²) < 4.78 is 37.7. The van der Waals surface area contributed by atoms with Gasteiger partial charge in [0.25, 0.3) is 5.91 Å². The maximum Gasteiger partial charge on any atom is 0.433 e. The number of benzene rings is 1. The average molecular weight is 347 g/mol. The van der Waals surface area contributed by atoms with Crippen LogP contribution in [0.5, 0.6) is 0 Å². The molecule has 0 spiro atoms. The quantitative estimate of drug-likeness (QED) is 0.821. The zero-order chi connectivity index (χ0) is 18.4. The van der Waals surface area contributed by atoms with Crippen molar-refractivity contribution in [1.29, 1.82) is 5.26 Å². The van der Waals surface area contributed by atoms with E-state index in [0.29, 0.717) is 25.1 Å². The molecule has 0 fully saturated rings. The van der Waals surface area contributed by atoms with E-state index in [-0.39, 0.29) is 11.5 Å². The van der Waals surface area contributed by atoms with E-state index in [2.05, 4.69) is 4.98 Å². The molecule has 1 amide bonds. The van der Waals surface area contributed by atoms with Crippen molar-refractivity contribution in [2.24, 2.45) is 0 Å². The number of hydrogen-bond donors (Lipinski definition) is 0. The number of carbonyl (C=O) groups is 1. The Morgan fingerprint density at radius 2 is 1.88 bits per heavy atom. The monoisotopic (exact) mass is 347 g/mol. The molecule has 0 saturated carbocycles. The van der Waals surface area contributed by atoms with Crippen molar-refractivity contribution in [2.75, 3.05) is 6.54 Å². The lowest BCUT2D eigenvalue weighted by molar-refractivity contribution is -0.141. The van der Waals surface area contributed by atoms with E-state index in [1.807, 2.05) is 13.0 Å². The van der Waals surface area contributed by atoms with Crippen LogP contribution >= 0.6 is 0 Å². The van der Waals surface area contributed by atoms with E-state index in [1.54, 1.807) is 29.2 Å². The Kier molecular flexibility index (Phi) is 5.75. The van der Waals surface area contributed by atoms with Crippen LogP contribution in [0.4, 0.5) is 13.2 Å². The van der Waals surface area contributed by atoms with Gasteiger partial charge in [-0.15, -0.1) is 0 Å². The van der Waals surface area contributed by atoms with Crippen LogP contribution in [0.2, 0.25) is 0 Å². The molecule has 2 rings (SSSR count). The molecule has 0 atom stereocenters. The topological polar surface area (TPSA) is 57.0 Å². The molecule has 1 aromatic heterocycles. The molecule has 0 aliphatic carbocycles. The summed E-state index contributed by atoms with van der Waals surface area (Å²) in [7, 11) is 0. The van der Waals surface area contributed by atoms with Gasteiger partial charge in [-0.1, -0.05) is 19.1 Å². The van der Waals surface area contributed by atoms with Crippen molar-refractivity contribution in [1.82, 2.24) is 9.88 Å². The number of alkyl halides is 3. The van der Waals surface area contributed by atoms with Crippen LogP contribution in [0.25, 0.3) is 0 Å². The number of carbonyl (C=O) groups excluding carboxylic acids is 1. The van der Waals surface area contributed by atoms with Gasteiger partial charge in [-0.25, -0.2) is 0 Å². The second-order valence-electron chi connectivity index (χ2n) is 5.47. The van der Waals surface area contributed by atoms with Crippen LogP contribution < -0.4 is 0 Å². The largest absolute Gasteiger partial charge is 0.433 e. The molecule has 130 valence electrons. The summed E-state index contributed by atoms with van der Waals surface area (Å²) in [5, 5.41) is 8.81. The van der Waals surface area contributed by atoms with E-state index >= 15 is 0 Å². The normalized spacial score (nSPS) is 11.0. The van der Waals surface area contributed by atoms with Crippen molar-refractivity contribution in [3.05, 3.63) is 65.0 Å². The minimum atomic E-state index is -4.53. The SMILES string of the molecule is CCCN(Cc1ccc(C#N)cc1)C(=O)c1ccc(C(F)(F)F)nc1. The standard InChI is InChI=1S/C18H16F3N3O/c1-2-9-24(12-14-5-3-13(10-22)4-6-14)17(25)15-7-8-16(23-11-15)18(19,20)21/h3-8,11H,2,9,12H2,1H3. The highest BCUT2D eigenvalue weighted by Crippen LogP contribution is 2.27. The molecule has 0 radical (unpaired) electrons. The number of hydrogen-bond acceptors (Lipinski definition) is 3. The highest BCUT2D eigenvalue weighted by Gasteiger charge is 2.32. The summed E-state index contributed by atoms with van der Waals surface area (Å²) in [6.07, 6.45) is -2.88. The van der Waals surface area contributed by atoms with Crippen molar-refractivity contribution < 1.29 is 18.0 Å². The minimum Gasteiger partial charge on any atom is -0.334 e. The zero-order valence-corrected chi connectivity index (χ0v) is 13.5. The molecular weight excluding hydrogens is 331 g/mol. The molecule has 0 bridgehead atoms. The Balaban J connectivity index is 2.18. The maximum atomic E-state index is 12.6. The summed E-state index contributed by atoms with van der Waals surface area (Å²) in [5.41, 5.74) is 0.429. The molecule has 0 unspecified atom stereocenters. The summed E-state index contributed by atoms with van der Waals surface area (Å²) in [5.74, 6) is -0.382. The Hall–Kier alpha value is -2.88. The third-order valence-corrected chi connectivity index (χ3v) is 3.54. The molecular formula is C18H16F3N3O. The van der Waals surface area contributed by atoms with Gasteiger partial charge in [0.05, 0.1) is 17.2 Å². The van der Waals surface area contributed by atoms with Gasteiger partial charge in [0, 0.05) is 19.3 Å². The highest BCUT2D eigenvalue weighted by atomic mass is 19.4. The van der Waals surface area contributed by atoms with Gasteiger partial charge < -0.3 is 4.90 Å². The predicted octanol–water partition coefficient (Wildman–Crippen LogP) is 4.02. The fraction of sp³-hybridized carbons (Fsp3) is 0.278. The van der Waals surface area contributed by atoms with Crippen molar-refractivity contribution in [3.8, 4) is 6.07 Å². The lowest BCUT2D eigenvalue weighted by Gasteiger charge is -2.22. The zero-order valence-electron chi connectivity index (χ0n) is 13.5. The number of amides is 1. The average Bonchev–Trinajstić information content (AvgIpc) is 2.61. The minimum absolute atomic E-state index is 0.107. The van der Waals surface area contributed by atoms with Crippen molar-refractivity contribution >= 4 is 5.91 Å². The summed E-state index contributed by atoms with van der Waals surface area (Å²) in [6, 6.07) is 10.8. The van der Waals surface area contributed by atoms with Crippen LogP contribution in [0, 0.1) is 11.3 Å². The number of rotatable bonds is 5. The van der Waals surface area contributed by atoms with E-state index in [0.717, 1.165) is 23.9 Å². The first-order valence-corrected chi connectivity index (χ1v) is 7.66. The first-order chi connectivity index (χ1) is 11.8. The van der Waals surface area contributed by atoms with E-state index in [4.69, 9.17) is 5.26 Å². The molecule has 4 nitrogen and oxygen atoms in total. The Morgan fingerprint density at radius 1 is 1.20 bits per heavy atom. The number of pyridine rings is 1. The van der Waals surface area contributed by atoms with E-state index in [9.17, 15) is 18.0 Å². The Labute approximate surface area is 143 Å². The fourth-order valence-corrected chi connectivity index (χ4v) is 2.30. The molecule has 0 aliphatic heterocycles. The number of aromatic nitrogens is 1. The molecule has 7 heteroatoms. The van der Waals surface area contributed by atoms with E-state index in [1.165, 1.54) is 0 Å². The van der Waals surface area contributed by atoms with Crippen molar-refractivity contribution in [2.45, 2.75) is 26.1 Å². The molecule has 1 heterocycles. The second kappa shape index (κ2) is 7.79. The molecule has 0 saturated heterocycles. The van der Waals surface area contributed by atoms with Crippen LogP contribution in [-0.4, -0.2) is 22.3 Å². The van der Waals surface area contributed by atoms with Crippen LogP contribution in [0.3, 0.4) is 0 Å². The van der Waals surface area contributed by atoms with E-state index < -0.39 is 11.9 Å². The van der Waals surface area contributed by atoms with Gasteiger partial charge >= 0.3 is 6.18 Å². The van der Waals surface area contributed by atoms with Crippen LogP contribution in [0.1, 0.15) is 40.5 Å². The number of halogens is 3. The molecule has 0 aliphatic rings. The molecule has 1 aromatic carbocycles. The predicted molar refractivity (Wildman–Crippen MR) is 85.4 cm³/mol. The molecule has 25 heavy (non-hydrogen) atoms. The van der Waals surface area contributed by atoms with Gasteiger partial charge in [-0.3, -0.25) is 9.78 Å². The Morgan fingerprint density at radius 3 is 2.36 bits per heavy atom. The van der Waals surface area contributed by atoms with Crippen LogP contribution in [0.15, 0.2) is 42.6 Å². The third kappa shape index (κ3) is 4.80. The highest BCUT2D eigenvalue weighted by molar-refractivity contribution is 5.93. The second-order valence-corrected chi connectivity index (χ2v) is 5.47. The number of nitriles is 1. The Bertz CT molecular complexity index is 762. The van der Waals surface area contributed by atoms with Gasteiger partial charge in [-0.05, 0) is 36.2 Å². The third-order valence-electron chi connectivity index (χ3n) is 3.54. The smallest absolute Gasteiger partial charge is 0.334 e. The van der Waals surface area contributed by atoms with Gasteiger partial charge in [-0.2, -0.15) is 18.4 Å². The lowest BCUT2D eigenvalue weighted by Crippen LogP contribution is -2.31. The summed E-state index contributed by atoms with van der Waals surface area (Å²) in [6.45, 7) is 2.67. The first-order valence-electron chi connectivity index (χ1n) is 7.66. The van der Waals surface area contributed by atoms with Gasteiger partial charge in [0.2, 0.25) is 0 Å². The van der Waals surface area contributed by atoms with Gasteiger partial charge in [0.15, 0.2) is 0 Å².